The average Bonchev–Trinajstić information content (AvgIpc) is 2.60. The van der Waals surface area contributed by atoms with E-state index in [1.54, 1.807) is 27.7 Å². The molecule has 0 unspecified atom stereocenters. The number of hydrogen-bond acceptors (Lipinski definition) is 6. The zero-order valence-corrected chi connectivity index (χ0v) is 15.5. The maximum Gasteiger partial charge on any atom is 0.387 e. The minimum Gasteiger partial charge on any atom is -0.490 e. The molecule has 1 aromatic carbocycles. The third kappa shape index (κ3) is 6.40. The highest BCUT2D eigenvalue weighted by Gasteiger charge is 2.30. The fourth-order valence-corrected chi connectivity index (χ4v) is 1.94. The van der Waals surface area contributed by atoms with E-state index >= 15 is 0 Å². The summed E-state index contributed by atoms with van der Waals surface area (Å²) in [6, 6.07) is 5.57. The maximum atomic E-state index is 12.4. The molecule has 1 aromatic rings. The zero-order chi connectivity index (χ0) is 20.6. The van der Waals surface area contributed by atoms with Gasteiger partial charge in [0.2, 0.25) is 0 Å². The van der Waals surface area contributed by atoms with Crippen molar-refractivity contribution in [2.24, 2.45) is 5.92 Å². The van der Waals surface area contributed by atoms with Crippen LogP contribution in [0.1, 0.15) is 38.1 Å². The third-order valence-electron chi connectivity index (χ3n) is 3.82. The number of esters is 1. The molecule has 0 fully saturated rings. The van der Waals surface area contributed by atoms with Crippen LogP contribution in [0.2, 0.25) is 0 Å². The van der Waals surface area contributed by atoms with Crippen molar-refractivity contribution in [3.63, 3.8) is 0 Å². The molecular formula is C18H22F2N2O5. The van der Waals surface area contributed by atoms with Gasteiger partial charge in [-0.25, -0.2) is 4.79 Å². The van der Waals surface area contributed by atoms with E-state index in [0.717, 1.165) is 6.07 Å². The molecule has 0 aliphatic heterocycles. The van der Waals surface area contributed by atoms with Crippen molar-refractivity contribution in [3.8, 4) is 17.6 Å². The van der Waals surface area contributed by atoms with Gasteiger partial charge in [-0.3, -0.25) is 4.79 Å². The first-order valence-corrected chi connectivity index (χ1v) is 8.24. The monoisotopic (exact) mass is 384 g/mol. The summed E-state index contributed by atoms with van der Waals surface area (Å²) in [5.41, 5.74) is -1.10. The van der Waals surface area contributed by atoms with Crippen LogP contribution in [0.3, 0.4) is 0 Å². The van der Waals surface area contributed by atoms with Crippen LogP contribution in [0, 0.1) is 17.2 Å². The number of rotatable bonds is 9. The van der Waals surface area contributed by atoms with E-state index in [2.05, 4.69) is 10.1 Å². The van der Waals surface area contributed by atoms with Crippen LogP contribution in [0.15, 0.2) is 18.2 Å². The van der Waals surface area contributed by atoms with Crippen molar-refractivity contribution in [2.45, 2.75) is 39.8 Å². The number of nitriles is 1. The van der Waals surface area contributed by atoms with Crippen molar-refractivity contribution < 1.29 is 32.6 Å². The van der Waals surface area contributed by atoms with Crippen LogP contribution in [0.25, 0.3) is 0 Å². The highest BCUT2D eigenvalue weighted by molar-refractivity contribution is 5.92. The Morgan fingerprint density at radius 2 is 1.96 bits per heavy atom. The summed E-state index contributed by atoms with van der Waals surface area (Å²) in [5, 5.41) is 11.7. The average molecular weight is 384 g/mol. The summed E-state index contributed by atoms with van der Waals surface area (Å²) in [6.45, 7) is 3.28. The van der Waals surface area contributed by atoms with Gasteiger partial charge in [0.15, 0.2) is 18.1 Å². The summed E-state index contributed by atoms with van der Waals surface area (Å²) in [5.74, 6) is -1.91. The fourth-order valence-electron chi connectivity index (χ4n) is 1.94. The first kappa shape index (κ1) is 22.2. The SMILES string of the molecule is CCOc1cc(C(=O)OCC(=O)N[C@](C)(C#N)C(C)C)ccc1OC(F)F. The Hall–Kier alpha value is -2.89. The summed E-state index contributed by atoms with van der Waals surface area (Å²) in [7, 11) is 0. The number of carbonyl (C=O) groups is 2. The Balaban J connectivity index is 2.78. The molecule has 1 atom stereocenters. The molecule has 0 bridgehead atoms. The molecule has 0 saturated carbocycles. The Labute approximate surface area is 156 Å². The molecule has 1 amide bonds. The summed E-state index contributed by atoms with van der Waals surface area (Å²) >= 11 is 0. The predicted molar refractivity (Wildman–Crippen MR) is 91.5 cm³/mol. The summed E-state index contributed by atoms with van der Waals surface area (Å²) in [4.78, 5) is 24.0. The quantitative estimate of drug-likeness (QED) is 0.658. The molecule has 148 valence electrons. The minimum atomic E-state index is -3.04. The Bertz CT molecular complexity index is 718. The number of carbonyl (C=O) groups excluding carboxylic acids is 2. The first-order chi connectivity index (χ1) is 12.6. The van der Waals surface area contributed by atoms with E-state index < -0.39 is 30.6 Å². The first-order valence-electron chi connectivity index (χ1n) is 8.24. The van der Waals surface area contributed by atoms with Gasteiger partial charge < -0.3 is 19.5 Å². The summed E-state index contributed by atoms with van der Waals surface area (Å²) in [6.07, 6.45) is 0. The Kier molecular flexibility index (Phi) is 7.97. The lowest BCUT2D eigenvalue weighted by Gasteiger charge is -2.27. The molecule has 0 radical (unpaired) electrons. The molecule has 27 heavy (non-hydrogen) atoms. The van der Waals surface area contributed by atoms with Crippen molar-refractivity contribution in [2.75, 3.05) is 13.2 Å². The van der Waals surface area contributed by atoms with Gasteiger partial charge >= 0.3 is 12.6 Å². The van der Waals surface area contributed by atoms with Gasteiger partial charge in [-0.1, -0.05) is 13.8 Å². The van der Waals surface area contributed by atoms with Crippen LogP contribution in [0.4, 0.5) is 8.78 Å². The number of nitrogens with zero attached hydrogens (tertiary/aromatic N) is 1. The molecule has 0 aliphatic rings. The number of ether oxygens (including phenoxy) is 3. The second-order valence-electron chi connectivity index (χ2n) is 6.07. The van der Waals surface area contributed by atoms with Crippen molar-refractivity contribution in [1.29, 1.82) is 5.26 Å². The molecule has 9 heteroatoms. The zero-order valence-electron chi connectivity index (χ0n) is 15.5. The van der Waals surface area contributed by atoms with E-state index in [1.807, 2.05) is 6.07 Å². The fraction of sp³-hybridized carbons (Fsp3) is 0.500. The van der Waals surface area contributed by atoms with Gasteiger partial charge in [0.25, 0.3) is 5.91 Å². The largest absolute Gasteiger partial charge is 0.490 e. The molecule has 0 spiro atoms. The van der Waals surface area contributed by atoms with Gasteiger partial charge in [-0.15, -0.1) is 0 Å². The Morgan fingerprint density at radius 3 is 2.48 bits per heavy atom. The van der Waals surface area contributed by atoms with Gasteiger partial charge in [0.05, 0.1) is 18.2 Å². The molecule has 0 aromatic heterocycles. The van der Waals surface area contributed by atoms with Crippen LogP contribution in [0.5, 0.6) is 11.5 Å². The highest BCUT2D eigenvalue weighted by Crippen LogP contribution is 2.30. The van der Waals surface area contributed by atoms with Crippen LogP contribution in [-0.2, 0) is 9.53 Å². The van der Waals surface area contributed by atoms with E-state index in [1.165, 1.54) is 12.1 Å². The standard InChI is InChI=1S/C18H22F2N2O5/c1-5-25-14-8-12(6-7-13(14)27-17(19)20)16(24)26-9-15(23)22-18(4,10-21)11(2)3/h6-8,11,17H,5,9H2,1-4H3,(H,22,23)/t18-/m1/s1. The maximum absolute atomic E-state index is 12.4. The van der Waals surface area contributed by atoms with E-state index in [4.69, 9.17) is 9.47 Å². The van der Waals surface area contributed by atoms with Gasteiger partial charge in [-0.05, 0) is 38.0 Å². The van der Waals surface area contributed by atoms with Gasteiger partial charge in [0.1, 0.15) is 5.54 Å². The number of nitrogens with one attached hydrogen (secondary N) is 1. The minimum absolute atomic E-state index is 0.000212. The molecule has 1 rings (SSSR count). The van der Waals surface area contributed by atoms with Crippen LogP contribution in [-0.4, -0.2) is 37.2 Å². The molecular weight excluding hydrogens is 362 g/mol. The second kappa shape index (κ2) is 9.71. The topological polar surface area (TPSA) is 97.6 Å². The number of halogens is 2. The summed E-state index contributed by atoms with van der Waals surface area (Å²) < 4.78 is 39.2. The number of benzene rings is 1. The lowest BCUT2D eigenvalue weighted by Crippen LogP contribution is -2.50. The normalized spacial score (nSPS) is 12.9. The molecule has 7 nitrogen and oxygen atoms in total. The molecule has 0 aliphatic carbocycles. The van der Waals surface area contributed by atoms with Crippen LogP contribution < -0.4 is 14.8 Å². The van der Waals surface area contributed by atoms with E-state index in [9.17, 15) is 23.6 Å². The van der Waals surface area contributed by atoms with Gasteiger partial charge in [0, 0.05) is 0 Å². The number of hydrogen-bond donors (Lipinski definition) is 1. The van der Waals surface area contributed by atoms with Crippen LogP contribution >= 0.6 is 0 Å². The number of amides is 1. The van der Waals surface area contributed by atoms with Crippen molar-refractivity contribution >= 4 is 11.9 Å². The van der Waals surface area contributed by atoms with E-state index in [-0.39, 0.29) is 29.6 Å². The second-order valence-corrected chi connectivity index (χ2v) is 6.07. The van der Waals surface area contributed by atoms with Crippen molar-refractivity contribution in [3.05, 3.63) is 23.8 Å². The number of alkyl halides is 2. The smallest absolute Gasteiger partial charge is 0.387 e. The Morgan fingerprint density at radius 1 is 1.30 bits per heavy atom. The predicted octanol–water partition coefficient (Wildman–Crippen LogP) is 2.90. The highest BCUT2D eigenvalue weighted by atomic mass is 19.3. The van der Waals surface area contributed by atoms with Crippen molar-refractivity contribution in [1.82, 2.24) is 5.32 Å². The molecule has 1 N–H and O–H groups in total. The van der Waals surface area contributed by atoms with Gasteiger partial charge in [-0.2, -0.15) is 14.0 Å². The lowest BCUT2D eigenvalue weighted by atomic mass is 9.90. The van der Waals surface area contributed by atoms with E-state index in [0.29, 0.717) is 0 Å². The molecule has 0 saturated heterocycles. The third-order valence-corrected chi connectivity index (χ3v) is 3.82. The molecule has 0 heterocycles. The lowest BCUT2D eigenvalue weighted by molar-refractivity contribution is -0.125.